The van der Waals surface area contributed by atoms with Gasteiger partial charge in [-0.25, -0.2) is 0 Å². The van der Waals surface area contributed by atoms with Crippen LogP contribution in [0.15, 0.2) is 0 Å². The van der Waals surface area contributed by atoms with Crippen LogP contribution in [-0.2, 0) is 9.59 Å². The average molecular weight is 272 g/mol. The lowest BCUT2D eigenvalue weighted by molar-refractivity contribution is -0.129. The first-order valence-corrected chi connectivity index (χ1v) is 7.20. The van der Waals surface area contributed by atoms with Crippen LogP contribution in [0.5, 0.6) is 0 Å². The maximum atomic E-state index is 11.8. The predicted molar refractivity (Wildman–Crippen MR) is 75.6 cm³/mol. The third kappa shape index (κ3) is 4.88. The first-order valence-electron chi connectivity index (χ1n) is 6.56. The molecule has 0 aliphatic heterocycles. The van der Waals surface area contributed by atoms with Gasteiger partial charge in [-0.3, -0.25) is 9.59 Å². The number of amides is 2. The van der Waals surface area contributed by atoms with Crippen molar-refractivity contribution in [1.82, 2.24) is 10.6 Å². The highest BCUT2D eigenvalue weighted by Crippen LogP contribution is 2.49. The molecule has 1 unspecified atom stereocenters. The van der Waals surface area contributed by atoms with Crippen molar-refractivity contribution in [2.45, 2.75) is 46.1 Å². The fraction of sp³-hybridized carbons (Fsp3) is 0.846. The number of rotatable bonds is 7. The molecule has 0 spiro atoms. The van der Waals surface area contributed by atoms with Crippen LogP contribution in [0.2, 0.25) is 0 Å². The molecule has 1 aliphatic rings. The van der Waals surface area contributed by atoms with Crippen molar-refractivity contribution in [3.63, 3.8) is 0 Å². The molecule has 1 atom stereocenters. The summed E-state index contributed by atoms with van der Waals surface area (Å²) < 4.78 is 0. The van der Waals surface area contributed by atoms with E-state index in [9.17, 15) is 9.59 Å². The number of carbonyl (C=O) groups is 2. The van der Waals surface area contributed by atoms with Gasteiger partial charge in [-0.2, -0.15) is 12.6 Å². The second-order valence-electron chi connectivity index (χ2n) is 5.76. The molecule has 0 heterocycles. The Labute approximate surface area is 115 Å². The summed E-state index contributed by atoms with van der Waals surface area (Å²) in [6.07, 6.45) is 2.62. The number of thiol groups is 1. The molecule has 1 aliphatic carbocycles. The van der Waals surface area contributed by atoms with Crippen LogP contribution < -0.4 is 10.6 Å². The molecule has 2 amide bonds. The van der Waals surface area contributed by atoms with Gasteiger partial charge in [-0.1, -0.05) is 13.8 Å². The third-order valence-corrected chi connectivity index (χ3v) is 3.95. The van der Waals surface area contributed by atoms with Gasteiger partial charge in [-0.05, 0) is 36.9 Å². The van der Waals surface area contributed by atoms with E-state index in [1.807, 2.05) is 13.8 Å². The number of hydrogen-bond donors (Lipinski definition) is 3. The highest BCUT2D eigenvalue weighted by Gasteiger charge is 2.43. The summed E-state index contributed by atoms with van der Waals surface area (Å²) >= 11 is 4.27. The van der Waals surface area contributed by atoms with Gasteiger partial charge >= 0.3 is 0 Å². The van der Waals surface area contributed by atoms with Crippen LogP contribution in [0, 0.1) is 11.3 Å². The van der Waals surface area contributed by atoms with Crippen molar-refractivity contribution in [3.8, 4) is 0 Å². The maximum absolute atomic E-state index is 11.8. The van der Waals surface area contributed by atoms with E-state index in [0.29, 0.717) is 18.9 Å². The molecular weight excluding hydrogens is 248 g/mol. The first kappa shape index (κ1) is 15.3. The Morgan fingerprint density at radius 3 is 2.33 bits per heavy atom. The normalized spacial score (nSPS) is 18.3. The molecule has 4 nitrogen and oxygen atoms in total. The molecule has 0 bridgehead atoms. The molecule has 2 N–H and O–H groups in total. The van der Waals surface area contributed by atoms with Crippen LogP contribution in [0.3, 0.4) is 0 Å². The zero-order chi connectivity index (χ0) is 13.8. The number of nitrogens with one attached hydrogen (secondary N) is 2. The van der Waals surface area contributed by atoms with Gasteiger partial charge in [0.15, 0.2) is 0 Å². The SMILES string of the molecule is CC(C)CNC(=O)C(C)NC(=O)CC1(CS)CC1. The van der Waals surface area contributed by atoms with E-state index in [-0.39, 0.29) is 17.2 Å². The Morgan fingerprint density at radius 1 is 1.28 bits per heavy atom. The highest BCUT2D eigenvalue weighted by molar-refractivity contribution is 7.80. The third-order valence-electron chi connectivity index (χ3n) is 3.28. The van der Waals surface area contributed by atoms with E-state index < -0.39 is 6.04 Å². The Balaban J connectivity index is 2.28. The number of hydrogen-bond acceptors (Lipinski definition) is 3. The van der Waals surface area contributed by atoms with Gasteiger partial charge in [0.1, 0.15) is 6.04 Å². The molecular formula is C13H24N2O2S. The van der Waals surface area contributed by atoms with Gasteiger partial charge in [0.2, 0.25) is 11.8 Å². The summed E-state index contributed by atoms with van der Waals surface area (Å²) in [5.41, 5.74) is 0.0985. The van der Waals surface area contributed by atoms with Gasteiger partial charge < -0.3 is 10.6 Å². The average Bonchev–Trinajstić information content (AvgIpc) is 3.05. The second kappa shape index (κ2) is 6.45. The Bertz CT molecular complexity index is 314. The van der Waals surface area contributed by atoms with E-state index in [2.05, 4.69) is 23.3 Å². The summed E-state index contributed by atoms with van der Waals surface area (Å²) in [4.78, 5) is 23.5. The molecule has 1 saturated carbocycles. The quantitative estimate of drug-likeness (QED) is 0.613. The van der Waals surface area contributed by atoms with Crippen LogP contribution in [0.25, 0.3) is 0 Å². The molecule has 0 saturated heterocycles. The largest absolute Gasteiger partial charge is 0.354 e. The summed E-state index contributed by atoms with van der Waals surface area (Å²) in [6, 6.07) is -0.466. The lowest BCUT2D eigenvalue weighted by Crippen LogP contribution is -2.46. The molecule has 0 aromatic rings. The zero-order valence-corrected chi connectivity index (χ0v) is 12.3. The fourth-order valence-electron chi connectivity index (χ4n) is 1.72. The standard InChI is InChI=1S/C13H24N2O2S/c1-9(2)7-14-12(17)10(3)15-11(16)6-13(8-18)4-5-13/h9-10,18H,4-8H2,1-3H3,(H,14,17)(H,15,16). The number of carbonyl (C=O) groups excluding carboxylic acids is 2. The molecule has 18 heavy (non-hydrogen) atoms. The molecule has 0 aromatic carbocycles. The maximum Gasteiger partial charge on any atom is 0.242 e. The smallest absolute Gasteiger partial charge is 0.242 e. The van der Waals surface area contributed by atoms with Crippen molar-refractivity contribution in [2.75, 3.05) is 12.3 Å². The van der Waals surface area contributed by atoms with Crippen molar-refractivity contribution in [1.29, 1.82) is 0 Å². The molecule has 1 fully saturated rings. The fourth-order valence-corrected chi connectivity index (χ4v) is 2.15. The topological polar surface area (TPSA) is 58.2 Å². The summed E-state index contributed by atoms with van der Waals surface area (Å²) in [6.45, 7) is 6.42. The van der Waals surface area contributed by atoms with E-state index >= 15 is 0 Å². The lowest BCUT2D eigenvalue weighted by atomic mass is 10.0. The zero-order valence-electron chi connectivity index (χ0n) is 11.5. The van der Waals surface area contributed by atoms with Crippen LogP contribution in [0.1, 0.15) is 40.0 Å². The molecule has 0 radical (unpaired) electrons. The minimum atomic E-state index is -0.466. The highest BCUT2D eigenvalue weighted by atomic mass is 32.1. The summed E-state index contributed by atoms with van der Waals surface area (Å²) in [5, 5.41) is 5.56. The van der Waals surface area contributed by atoms with Crippen molar-refractivity contribution >= 4 is 24.4 Å². The Morgan fingerprint density at radius 2 is 1.89 bits per heavy atom. The summed E-state index contributed by atoms with van der Waals surface area (Å²) in [5.74, 6) is 0.992. The lowest BCUT2D eigenvalue weighted by Gasteiger charge is -2.17. The molecule has 1 rings (SSSR count). The predicted octanol–water partition coefficient (Wildman–Crippen LogP) is 1.36. The van der Waals surface area contributed by atoms with Gasteiger partial charge in [0, 0.05) is 13.0 Å². The van der Waals surface area contributed by atoms with Crippen LogP contribution in [0.4, 0.5) is 0 Å². The van der Waals surface area contributed by atoms with Crippen molar-refractivity contribution < 1.29 is 9.59 Å². The van der Waals surface area contributed by atoms with Crippen molar-refractivity contribution in [3.05, 3.63) is 0 Å². The van der Waals surface area contributed by atoms with Crippen molar-refractivity contribution in [2.24, 2.45) is 11.3 Å². The van der Waals surface area contributed by atoms with Crippen LogP contribution in [-0.4, -0.2) is 30.2 Å². The Hall–Kier alpha value is -0.710. The van der Waals surface area contributed by atoms with E-state index in [4.69, 9.17) is 0 Å². The van der Waals surface area contributed by atoms with E-state index in [0.717, 1.165) is 18.6 Å². The van der Waals surface area contributed by atoms with Gasteiger partial charge in [0.25, 0.3) is 0 Å². The second-order valence-corrected chi connectivity index (χ2v) is 6.08. The van der Waals surface area contributed by atoms with Gasteiger partial charge in [0.05, 0.1) is 0 Å². The van der Waals surface area contributed by atoms with Crippen LogP contribution >= 0.6 is 12.6 Å². The monoisotopic (exact) mass is 272 g/mol. The molecule has 0 aromatic heterocycles. The minimum Gasteiger partial charge on any atom is -0.354 e. The van der Waals surface area contributed by atoms with Gasteiger partial charge in [-0.15, -0.1) is 0 Å². The molecule has 5 heteroatoms. The Kier molecular flexibility index (Phi) is 5.50. The van der Waals surface area contributed by atoms with E-state index in [1.165, 1.54) is 0 Å². The van der Waals surface area contributed by atoms with E-state index in [1.54, 1.807) is 6.92 Å². The molecule has 104 valence electrons. The first-order chi connectivity index (χ1) is 8.38. The summed E-state index contributed by atoms with van der Waals surface area (Å²) in [7, 11) is 0. The minimum absolute atomic E-state index is 0.0475.